The van der Waals surface area contributed by atoms with Crippen molar-refractivity contribution >= 4 is 5.69 Å². The van der Waals surface area contributed by atoms with E-state index in [4.69, 9.17) is 5.26 Å². The van der Waals surface area contributed by atoms with Gasteiger partial charge in [0.2, 0.25) is 0 Å². The van der Waals surface area contributed by atoms with Gasteiger partial charge in [0.1, 0.15) is 11.9 Å². The highest BCUT2D eigenvalue weighted by atomic mass is 19.1. The molecule has 2 nitrogen and oxygen atoms in total. The second kappa shape index (κ2) is 5.53. The number of nitrogens with zero attached hydrogens (tertiary/aromatic N) is 1. The molecule has 96 valence electrons. The van der Waals surface area contributed by atoms with Crippen LogP contribution in [0.25, 0.3) is 0 Å². The molecule has 0 aliphatic carbocycles. The van der Waals surface area contributed by atoms with E-state index in [-0.39, 0.29) is 5.56 Å². The topological polar surface area (TPSA) is 35.8 Å². The summed E-state index contributed by atoms with van der Waals surface area (Å²) in [5.74, 6) is -0.442. The van der Waals surface area contributed by atoms with E-state index in [0.29, 0.717) is 12.1 Å². The molecule has 0 saturated carbocycles. The number of benzene rings is 2. The zero-order valence-electron chi connectivity index (χ0n) is 11.0. The number of halogens is 1. The average Bonchev–Trinajstić information content (AvgIpc) is 2.39. The Morgan fingerprint density at radius 3 is 2.68 bits per heavy atom. The van der Waals surface area contributed by atoms with E-state index in [0.717, 1.165) is 11.3 Å². The third-order valence-electron chi connectivity index (χ3n) is 3.05. The summed E-state index contributed by atoms with van der Waals surface area (Å²) < 4.78 is 13.9. The number of anilines is 1. The van der Waals surface area contributed by atoms with Crippen molar-refractivity contribution in [1.29, 1.82) is 5.26 Å². The van der Waals surface area contributed by atoms with Crippen molar-refractivity contribution in [2.24, 2.45) is 0 Å². The molecule has 0 aliphatic heterocycles. The fourth-order valence-electron chi connectivity index (χ4n) is 2.01. The van der Waals surface area contributed by atoms with Crippen LogP contribution in [0.2, 0.25) is 0 Å². The number of nitriles is 1. The van der Waals surface area contributed by atoms with E-state index < -0.39 is 5.82 Å². The Kier molecular flexibility index (Phi) is 3.82. The molecule has 2 rings (SSSR count). The number of hydrogen-bond acceptors (Lipinski definition) is 2. The van der Waals surface area contributed by atoms with E-state index in [9.17, 15) is 4.39 Å². The highest BCUT2D eigenvalue weighted by molar-refractivity contribution is 5.52. The number of hydrogen-bond donors (Lipinski definition) is 1. The van der Waals surface area contributed by atoms with E-state index in [1.165, 1.54) is 11.6 Å². The smallest absolute Gasteiger partial charge is 0.145 e. The minimum absolute atomic E-state index is 0.0833. The first-order valence-electron chi connectivity index (χ1n) is 6.10. The highest BCUT2D eigenvalue weighted by Crippen LogP contribution is 2.18. The molecule has 1 N–H and O–H groups in total. The van der Waals surface area contributed by atoms with Crippen molar-refractivity contribution in [3.63, 3.8) is 0 Å². The largest absolute Gasteiger partial charge is 0.381 e. The maximum Gasteiger partial charge on any atom is 0.145 e. The SMILES string of the molecule is Cc1ccc(NCc2cccc(C#N)c2F)c(C)c1. The molecule has 2 aromatic carbocycles. The van der Waals surface area contributed by atoms with Gasteiger partial charge >= 0.3 is 0 Å². The van der Waals surface area contributed by atoms with E-state index >= 15 is 0 Å². The second-order valence-corrected chi connectivity index (χ2v) is 4.56. The standard InChI is InChI=1S/C16H15FN2/c1-11-6-7-15(12(2)8-11)19-10-14-5-3-4-13(9-18)16(14)17/h3-8,19H,10H2,1-2H3. The molecule has 0 spiro atoms. The molecule has 0 amide bonds. The van der Waals surface area contributed by atoms with Crippen LogP contribution in [0.4, 0.5) is 10.1 Å². The lowest BCUT2D eigenvalue weighted by atomic mass is 10.1. The number of nitrogens with one attached hydrogen (secondary N) is 1. The van der Waals surface area contributed by atoms with Gasteiger partial charge in [-0.15, -0.1) is 0 Å². The maximum absolute atomic E-state index is 13.9. The summed E-state index contributed by atoms with van der Waals surface area (Å²) in [6.45, 7) is 4.41. The third-order valence-corrected chi connectivity index (χ3v) is 3.05. The molecule has 2 aromatic rings. The van der Waals surface area contributed by atoms with Gasteiger partial charge in [0.05, 0.1) is 5.56 Å². The Hall–Kier alpha value is -2.34. The van der Waals surface area contributed by atoms with Crippen molar-refractivity contribution in [2.75, 3.05) is 5.32 Å². The van der Waals surface area contributed by atoms with Gasteiger partial charge in [-0.05, 0) is 31.5 Å². The van der Waals surface area contributed by atoms with Gasteiger partial charge in [0.25, 0.3) is 0 Å². The molecule has 0 radical (unpaired) electrons. The van der Waals surface area contributed by atoms with Crippen molar-refractivity contribution < 1.29 is 4.39 Å². The average molecular weight is 254 g/mol. The first-order chi connectivity index (χ1) is 9.11. The summed E-state index contributed by atoms with van der Waals surface area (Å²) >= 11 is 0. The van der Waals surface area contributed by atoms with Gasteiger partial charge in [-0.3, -0.25) is 0 Å². The zero-order valence-corrected chi connectivity index (χ0v) is 11.0. The molecular weight excluding hydrogens is 239 g/mol. The Labute approximate surface area is 112 Å². The molecule has 0 atom stereocenters. The normalized spacial score (nSPS) is 10.0. The quantitative estimate of drug-likeness (QED) is 0.900. The van der Waals surface area contributed by atoms with Crippen molar-refractivity contribution in [3.05, 3.63) is 64.5 Å². The predicted molar refractivity (Wildman–Crippen MR) is 74.4 cm³/mol. The van der Waals surface area contributed by atoms with Crippen LogP contribution < -0.4 is 5.32 Å². The molecule has 0 aliphatic rings. The first-order valence-corrected chi connectivity index (χ1v) is 6.10. The molecule has 0 bridgehead atoms. The Balaban J connectivity index is 2.17. The molecular formula is C16H15FN2. The first kappa shape index (κ1) is 13.1. The number of rotatable bonds is 3. The maximum atomic E-state index is 13.9. The molecule has 0 unspecified atom stereocenters. The van der Waals surface area contributed by atoms with Crippen molar-refractivity contribution in [2.45, 2.75) is 20.4 Å². The van der Waals surface area contributed by atoms with Crippen LogP contribution in [0, 0.1) is 31.0 Å². The van der Waals surface area contributed by atoms with E-state index in [2.05, 4.69) is 11.4 Å². The summed E-state index contributed by atoms with van der Waals surface area (Å²) in [6.07, 6.45) is 0. The minimum atomic E-state index is -0.442. The Morgan fingerprint density at radius 2 is 2.00 bits per heavy atom. The summed E-state index contributed by atoms with van der Waals surface area (Å²) in [7, 11) is 0. The Morgan fingerprint density at radius 1 is 1.21 bits per heavy atom. The fourth-order valence-corrected chi connectivity index (χ4v) is 2.01. The van der Waals surface area contributed by atoms with Crippen molar-refractivity contribution in [3.8, 4) is 6.07 Å². The summed E-state index contributed by atoms with van der Waals surface area (Å²) in [5, 5.41) is 12.0. The minimum Gasteiger partial charge on any atom is -0.381 e. The molecule has 0 fully saturated rings. The van der Waals surface area contributed by atoms with Gasteiger partial charge < -0.3 is 5.32 Å². The lowest BCUT2D eigenvalue weighted by molar-refractivity contribution is 0.609. The van der Waals surface area contributed by atoms with Gasteiger partial charge in [0.15, 0.2) is 0 Å². The van der Waals surface area contributed by atoms with Crippen LogP contribution in [0.3, 0.4) is 0 Å². The monoisotopic (exact) mass is 254 g/mol. The van der Waals surface area contributed by atoms with Crippen LogP contribution in [0.15, 0.2) is 36.4 Å². The molecule has 0 saturated heterocycles. The van der Waals surface area contributed by atoms with Crippen LogP contribution in [-0.4, -0.2) is 0 Å². The molecule has 19 heavy (non-hydrogen) atoms. The van der Waals surface area contributed by atoms with Crippen molar-refractivity contribution in [1.82, 2.24) is 0 Å². The predicted octanol–water partition coefficient (Wildman–Crippen LogP) is 3.93. The van der Waals surface area contributed by atoms with Crippen LogP contribution in [0.5, 0.6) is 0 Å². The van der Waals surface area contributed by atoms with Gasteiger partial charge in [-0.25, -0.2) is 4.39 Å². The summed E-state index contributed by atoms with van der Waals surface area (Å²) in [6, 6.07) is 12.8. The highest BCUT2D eigenvalue weighted by Gasteiger charge is 2.07. The lowest BCUT2D eigenvalue weighted by Crippen LogP contribution is -2.04. The van der Waals surface area contributed by atoms with Gasteiger partial charge in [-0.2, -0.15) is 5.26 Å². The second-order valence-electron chi connectivity index (χ2n) is 4.56. The van der Waals surface area contributed by atoms with E-state index in [1.54, 1.807) is 12.1 Å². The van der Waals surface area contributed by atoms with E-state index in [1.807, 2.05) is 32.0 Å². The summed E-state index contributed by atoms with van der Waals surface area (Å²) in [4.78, 5) is 0. The zero-order chi connectivity index (χ0) is 13.8. The Bertz CT molecular complexity index is 642. The van der Waals surface area contributed by atoms with Crippen LogP contribution in [0.1, 0.15) is 22.3 Å². The van der Waals surface area contributed by atoms with Gasteiger partial charge in [0, 0.05) is 17.8 Å². The summed E-state index contributed by atoms with van der Waals surface area (Å²) in [5.41, 5.74) is 3.88. The molecule has 3 heteroatoms. The van der Waals surface area contributed by atoms with Crippen LogP contribution >= 0.6 is 0 Å². The molecule has 0 aromatic heterocycles. The molecule has 0 heterocycles. The van der Waals surface area contributed by atoms with Gasteiger partial charge in [-0.1, -0.05) is 29.8 Å². The fraction of sp³-hybridized carbons (Fsp3) is 0.188. The third kappa shape index (κ3) is 2.92. The van der Waals surface area contributed by atoms with Crippen LogP contribution in [-0.2, 0) is 6.54 Å². The number of aryl methyl sites for hydroxylation is 2. The lowest BCUT2D eigenvalue weighted by Gasteiger charge is -2.11.